The fraction of sp³-hybridized carbons (Fsp3) is 0.333. The quantitative estimate of drug-likeness (QED) is 0.573. The van der Waals surface area contributed by atoms with Crippen molar-refractivity contribution in [2.75, 3.05) is 12.9 Å². The lowest BCUT2D eigenvalue weighted by atomic mass is 9.99. The Morgan fingerprint density at radius 3 is 2.63 bits per heavy atom. The van der Waals surface area contributed by atoms with Crippen molar-refractivity contribution in [1.29, 1.82) is 0 Å². The Balaban J connectivity index is 1.63. The van der Waals surface area contributed by atoms with E-state index >= 15 is 0 Å². The van der Waals surface area contributed by atoms with Gasteiger partial charge in [-0.05, 0) is 61.9 Å². The second kappa shape index (κ2) is 7.84. The predicted octanol–water partition coefficient (Wildman–Crippen LogP) is 5.17. The number of methoxy groups -OCH3 is 1. The van der Waals surface area contributed by atoms with Crippen LogP contribution in [-0.4, -0.2) is 38.5 Å². The predicted molar refractivity (Wildman–Crippen MR) is 123 cm³/mol. The van der Waals surface area contributed by atoms with Gasteiger partial charge in [-0.1, -0.05) is 24.8 Å². The topological polar surface area (TPSA) is 42.6 Å². The van der Waals surface area contributed by atoms with Gasteiger partial charge in [0.2, 0.25) is 0 Å². The van der Waals surface area contributed by atoms with Crippen LogP contribution in [0.3, 0.4) is 0 Å². The molecule has 5 rings (SSSR count). The van der Waals surface area contributed by atoms with Crippen molar-refractivity contribution in [2.24, 2.45) is 4.99 Å². The van der Waals surface area contributed by atoms with Crippen LogP contribution in [0.4, 0.5) is 0 Å². The third kappa shape index (κ3) is 3.10. The van der Waals surface area contributed by atoms with Crippen LogP contribution in [-0.2, 0) is 0 Å². The number of thioether (sulfide) groups is 1. The van der Waals surface area contributed by atoms with Crippen LogP contribution in [0.1, 0.15) is 42.5 Å². The molecule has 30 heavy (non-hydrogen) atoms. The highest BCUT2D eigenvalue weighted by molar-refractivity contribution is 8.14. The van der Waals surface area contributed by atoms with E-state index in [0.717, 1.165) is 34.5 Å². The molecule has 0 aliphatic carbocycles. The molecule has 3 aromatic rings. The Morgan fingerprint density at radius 1 is 1.10 bits per heavy atom. The molecule has 2 aliphatic heterocycles. The second-order valence-corrected chi connectivity index (χ2v) is 8.76. The number of benzene rings is 1. The van der Waals surface area contributed by atoms with Gasteiger partial charge in [0.1, 0.15) is 17.8 Å². The molecule has 4 heterocycles. The van der Waals surface area contributed by atoms with Gasteiger partial charge in [-0.25, -0.2) is 0 Å². The summed E-state index contributed by atoms with van der Waals surface area (Å²) < 4.78 is 7.72. The third-order valence-corrected chi connectivity index (χ3v) is 7.20. The molecule has 0 unspecified atom stereocenters. The lowest BCUT2D eigenvalue weighted by Crippen LogP contribution is -2.36. The van der Waals surface area contributed by atoms with Gasteiger partial charge in [0.15, 0.2) is 5.17 Å². The first-order valence-electron chi connectivity index (χ1n) is 10.4. The second-order valence-electron chi connectivity index (χ2n) is 7.77. The molecule has 154 valence electrons. The van der Waals surface area contributed by atoms with Crippen LogP contribution in [0.25, 0.3) is 5.69 Å². The highest BCUT2D eigenvalue weighted by Crippen LogP contribution is 2.49. The first kappa shape index (κ1) is 19.2. The van der Waals surface area contributed by atoms with Crippen molar-refractivity contribution >= 4 is 16.9 Å². The summed E-state index contributed by atoms with van der Waals surface area (Å²) in [5.74, 6) is 1.97. The standard InChI is InChI=1S/C24H26N4OS/c1-4-17-15-30-24-26-22(20-7-5-6-14-25-20)23(28(17)24)21-13-8-16(2)27(21)18-9-11-19(29-3)12-10-18/h5-14,17,22-23H,4,15H2,1-3H3/t17-,22-,23+/m0/s1. The van der Waals surface area contributed by atoms with Crippen LogP contribution in [0.5, 0.6) is 5.75 Å². The number of rotatable bonds is 5. The number of fused-ring (bicyclic) bond motifs is 1. The molecule has 1 saturated heterocycles. The minimum absolute atomic E-state index is 0.00523. The molecule has 5 nitrogen and oxygen atoms in total. The molecule has 3 atom stereocenters. The maximum absolute atomic E-state index is 5.36. The van der Waals surface area contributed by atoms with Gasteiger partial charge in [-0.15, -0.1) is 0 Å². The summed E-state index contributed by atoms with van der Waals surface area (Å²) in [6.07, 6.45) is 2.98. The van der Waals surface area contributed by atoms with E-state index in [1.165, 1.54) is 11.4 Å². The van der Waals surface area contributed by atoms with Crippen LogP contribution < -0.4 is 4.74 Å². The largest absolute Gasteiger partial charge is 0.497 e. The number of hydrogen-bond acceptors (Lipinski definition) is 5. The van der Waals surface area contributed by atoms with Gasteiger partial charge < -0.3 is 14.2 Å². The van der Waals surface area contributed by atoms with E-state index in [9.17, 15) is 0 Å². The summed E-state index contributed by atoms with van der Waals surface area (Å²) in [5, 5.41) is 1.16. The number of aryl methyl sites for hydroxylation is 1. The van der Waals surface area contributed by atoms with Gasteiger partial charge in [0.25, 0.3) is 0 Å². The Labute approximate surface area is 181 Å². The lowest BCUT2D eigenvalue weighted by molar-refractivity contribution is 0.248. The van der Waals surface area contributed by atoms with Crippen LogP contribution in [0.15, 0.2) is 65.8 Å². The number of pyridine rings is 1. The maximum atomic E-state index is 5.36. The molecule has 0 spiro atoms. The SMILES string of the molecule is CC[C@H]1CSC2=N[C@@H](c3ccccn3)[C@@H](c3ccc(C)n3-c3ccc(OC)cc3)N21. The van der Waals surface area contributed by atoms with E-state index in [2.05, 4.69) is 64.7 Å². The van der Waals surface area contributed by atoms with E-state index in [0.29, 0.717) is 6.04 Å². The van der Waals surface area contributed by atoms with E-state index < -0.39 is 0 Å². The normalized spacial score (nSPS) is 22.8. The Kier molecular flexibility index (Phi) is 5.03. The van der Waals surface area contributed by atoms with Gasteiger partial charge in [-0.3, -0.25) is 9.98 Å². The van der Waals surface area contributed by atoms with Crippen LogP contribution in [0.2, 0.25) is 0 Å². The highest BCUT2D eigenvalue weighted by Gasteiger charge is 2.46. The van der Waals surface area contributed by atoms with Gasteiger partial charge >= 0.3 is 0 Å². The zero-order valence-electron chi connectivity index (χ0n) is 17.5. The summed E-state index contributed by atoms with van der Waals surface area (Å²) in [6, 6.07) is 19.5. The fourth-order valence-corrected chi connectivity index (χ4v) is 5.88. The highest BCUT2D eigenvalue weighted by atomic mass is 32.2. The minimum atomic E-state index is -0.00523. The lowest BCUT2D eigenvalue weighted by Gasteiger charge is -2.32. The number of amidine groups is 1. The molecule has 0 bridgehead atoms. The first-order valence-corrected chi connectivity index (χ1v) is 11.4. The molecule has 6 heteroatoms. The van der Waals surface area contributed by atoms with Gasteiger partial charge in [0, 0.05) is 35.1 Å². The summed E-state index contributed by atoms with van der Waals surface area (Å²) in [6.45, 7) is 4.43. The Morgan fingerprint density at radius 2 is 1.93 bits per heavy atom. The molecular formula is C24H26N4OS. The number of ether oxygens (including phenoxy) is 1. The molecule has 2 aliphatic rings. The van der Waals surface area contributed by atoms with E-state index in [1.54, 1.807) is 7.11 Å². The molecular weight excluding hydrogens is 392 g/mol. The van der Waals surface area contributed by atoms with E-state index in [4.69, 9.17) is 9.73 Å². The summed E-state index contributed by atoms with van der Waals surface area (Å²) in [7, 11) is 1.70. The van der Waals surface area contributed by atoms with Gasteiger partial charge in [0.05, 0.1) is 12.8 Å². The monoisotopic (exact) mass is 418 g/mol. The summed E-state index contributed by atoms with van der Waals surface area (Å²) in [5.41, 5.74) is 4.64. The Hall–Kier alpha value is -2.73. The number of aliphatic imine (C=N–C) groups is 1. The molecule has 0 amide bonds. The molecule has 0 N–H and O–H groups in total. The average molecular weight is 419 g/mol. The smallest absolute Gasteiger partial charge is 0.160 e. The van der Waals surface area contributed by atoms with Crippen molar-refractivity contribution in [3.63, 3.8) is 0 Å². The van der Waals surface area contributed by atoms with Crippen LogP contribution >= 0.6 is 11.8 Å². The van der Waals surface area contributed by atoms with Crippen molar-refractivity contribution < 1.29 is 4.74 Å². The minimum Gasteiger partial charge on any atom is -0.497 e. The fourth-order valence-electron chi connectivity index (χ4n) is 4.54. The van der Waals surface area contributed by atoms with Crippen molar-refractivity contribution in [1.82, 2.24) is 14.5 Å². The van der Waals surface area contributed by atoms with Crippen LogP contribution in [0, 0.1) is 6.92 Å². The number of nitrogens with zero attached hydrogens (tertiary/aromatic N) is 4. The van der Waals surface area contributed by atoms with E-state index in [-0.39, 0.29) is 12.1 Å². The zero-order valence-corrected chi connectivity index (χ0v) is 18.3. The number of hydrogen-bond donors (Lipinski definition) is 0. The number of aromatic nitrogens is 2. The molecule has 0 saturated carbocycles. The van der Waals surface area contributed by atoms with E-state index in [1.807, 2.05) is 36.2 Å². The molecule has 1 fully saturated rings. The van der Waals surface area contributed by atoms with Crippen molar-refractivity contribution in [3.8, 4) is 11.4 Å². The third-order valence-electron chi connectivity index (χ3n) is 6.07. The summed E-state index contributed by atoms with van der Waals surface area (Å²) >= 11 is 1.88. The van der Waals surface area contributed by atoms with Crippen molar-refractivity contribution in [3.05, 3.63) is 77.9 Å². The average Bonchev–Trinajstić information content (AvgIpc) is 3.47. The van der Waals surface area contributed by atoms with Gasteiger partial charge in [-0.2, -0.15) is 0 Å². The molecule has 2 aromatic heterocycles. The Bertz CT molecular complexity index is 1060. The zero-order chi connectivity index (χ0) is 20.7. The summed E-state index contributed by atoms with van der Waals surface area (Å²) in [4.78, 5) is 12.4. The van der Waals surface area contributed by atoms with Crippen molar-refractivity contribution in [2.45, 2.75) is 38.4 Å². The molecule has 1 aromatic carbocycles. The maximum Gasteiger partial charge on any atom is 0.160 e. The molecule has 0 radical (unpaired) electrons. The first-order chi connectivity index (χ1) is 14.7.